The van der Waals surface area contributed by atoms with E-state index in [0.29, 0.717) is 25.1 Å². The molecule has 1 unspecified atom stereocenters. The first-order valence-corrected chi connectivity index (χ1v) is 10.1. The molecular formula is C18H28N2O5S. The lowest BCUT2D eigenvalue weighted by Gasteiger charge is -2.26. The molecule has 0 spiro atoms. The number of amides is 1. The highest BCUT2D eigenvalue weighted by atomic mass is 32.2. The number of nitrogens with one attached hydrogen (secondary N) is 1. The van der Waals surface area contributed by atoms with Crippen molar-refractivity contribution in [2.24, 2.45) is 0 Å². The molecule has 0 fully saturated rings. The molecule has 1 amide bonds. The van der Waals surface area contributed by atoms with Gasteiger partial charge in [0.25, 0.3) is 5.91 Å². The van der Waals surface area contributed by atoms with Crippen LogP contribution >= 0.6 is 0 Å². The largest absolute Gasteiger partial charge is 0.480 e. The lowest BCUT2D eigenvalue weighted by Crippen LogP contribution is -2.52. The predicted octanol–water partition coefficient (Wildman–Crippen LogP) is 2.40. The van der Waals surface area contributed by atoms with Gasteiger partial charge in [-0.05, 0) is 38.0 Å². The Labute approximate surface area is 155 Å². The molecule has 1 aromatic rings. The van der Waals surface area contributed by atoms with E-state index in [2.05, 4.69) is 5.32 Å². The molecule has 0 bridgehead atoms. The van der Waals surface area contributed by atoms with Gasteiger partial charge in [-0.1, -0.05) is 33.3 Å². The monoisotopic (exact) mass is 384 g/mol. The Morgan fingerprint density at radius 1 is 1.19 bits per heavy atom. The predicted molar refractivity (Wildman–Crippen MR) is 99.7 cm³/mol. The van der Waals surface area contributed by atoms with Gasteiger partial charge in [0.2, 0.25) is 10.0 Å². The van der Waals surface area contributed by atoms with Gasteiger partial charge < -0.3 is 10.4 Å². The maximum atomic E-state index is 12.8. The molecule has 0 aliphatic carbocycles. The van der Waals surface area contributed by atoms with E-state index in [1.54, 1.807) is 26.8 Å². The quantitative estimate of drug-likeness (QED) is 0.680. The third-order valence-corrected chi connectivity index (χ3v) is 6.58. The standard InChI is InChI=1S/C18H28N2O5S/c1-6-11-18(5,17(22)23)19-16(21)14-10-9-13(4)15(12-14)26(24,25)20(7-2)8-3/h9-10,12H,6-8,11H2,1-5H3,(H,19,21)(H,22,23). The third-order valence-electron chi connectivity index (χ3n) is 4.39. The van der Waals surface area contributed by atoms with Crippen molar-refractivity contribution in [1.82, 2.24) is 9.62 Å². The van der Waals surface area contributed by atoms with Crippen LogP contribution in [0, 0.1) is 6.92 Å². The number of benzene rings is 1. The van der Waals surface area contributed by atoms with Crippen LogP contribution in [0.1, 0.15) is 56.5 Å². The number of hydrogen-bond donors (Lipinski definition) is 2. The molecule has 26 heavy (non-hydrogen) atoms. The second kappa shape index (κ2) is 8.64. The Balaban J connectivity index is 3.29. The van der Waals surface area contributed by atoms with E-state index in [4.69, 9.17) is 0 Å². The lowest BCUT2D eigenvalue weighted by molar-refractivity contribution is -0.144. The summed E-state index contributed by atoms with van der Waals surface area (Å²) in [5, 5.41) is 11.9. The van der Waals surface area contributed by atoms with Gasteiger partial charge in [0.1, 0.15) is 5.54 Å². The first-order chi connectivity index (χ1) is 12.0. The van der Waals surface area contributed by atoms with Crippen molar-refractivity contribution in [3.05, 3.63) is 29.3 Å². The molecule has 0 aromatic heterocycles. The maximum Gasteiger partial charge on any atom is 0.329 e. The van der Waals surface area contributed by atoms with E-state index >= 15 is 0 Å². The average molecular weight is 384 g/mol. The van der Waals surface area contributed by atoms with Gasteiger partial charge in [-0.3, -0.25) is 4.79 Å². The van der Waals surface area contributed by atoms with Crippen LogP contribution in [0.4, 0.5) is 0 Å². The van der Waals surface area contributed by atoms with Gasteiger partial charge in [0.15, 0.2) is 0 Å². The first-order valence-electron chi connectivity index (χ1n) is 8.70. The lowest BCUT2D eigenvalue weighted by atomic mass is 9.95. The van der Waals surface area contributed by atoms with Crippen molar-refractivity contribution in [2.45, 2.75) is 57.9 Å². The number of nitrogens with zero attached hydrogens (tertiary/aromatic N) is 1. The fourth-order valence-electron chi connectivity index (χ4n) is 2.77. The molecule has 146 valence electrons. The van der Waals surface area contributed by atoms with E-state index in [0.717, 1.165) is 0 Å². The number of aryl methyl sites for hydroxylation is 1. The molecule has 1 rings (SSSR count). The fourth-order valence-corrected chi connectivity index (χ4v) is 4.48. The van der Waals surface area contributed by atoms with Crippen LogP contribution in [0.25, 0.3) is 0 Å². The molecule has 1 aromatic carbocycles. The number of hydrogen-bond acceptors (Lipinski definition) is 4. The zero-order chi connectivity index (χ0) is 20.1. The highest BCUT2D eigenvalue weighted by molar-refractivity contribution is 7.89. The summed E-state index contributed by atoms with van der Waals surface area (Å²) in [6.45, 7) is 9.07. The van der Waals surface area contributed by atoms with Crippen LogP contribution in [-0.4, -0.2) is 48.3 Å². The van der Waals surface area contributed by atoms with E-state index in [1.165, 1.54) is 23.4 Å². The van der Waals surface area contributed by atoms with Gasteiger partial charge in [0.05, 0.1) is 4.90 Å². The summed E-state index contributed by atoms with van der Waals surface area (Å²) in [5.41, 5.74) is -0.762. The van der Waals surface area contributed by atoms with Gasteiger partial charge in [0, 0.05) is 18.7 Å². The number of carbonyl (C=O) groups excluding carboxylic acids is 1. The summed E-state index contributed by atoms with van der Waals surface area (Å²) < 4.78 is 26.9. The van der Waals surface area contributed by atoms with E-state index in [9.17, 15) is 23.1 Å². The van der Waals surface area contributed by atoms with Gasteiger partial charge in [-0.2, -0.15) is 4.31 Å². The van der Waals surface area contributed by atoms with Crippen LogP contribution < -0.4 is 5.32 Å². The minimum absolute atomic E-state index is 0.0568. The van der Waals surface area contributed by atoms with Crippen molar-refractivity contribution in [2.75, 3.05) is 13.1 Å². The molecule has 2 N–H and O–H groups in total. The van der Waals surface area contributed by atoms with Gasteiger partial charge in [-0.15, -0.1) is 0 Å². The zero-order valence-corrected chi connectivity index (χ0v) is 16.8. The van der Waals surface area contributed by atoms with E-state index in [1.807, 2.05) is 6.92 Å². The van der Waals surface area contributed by atoms with Crippen molar-refractivity contribution in [3.63, 3.8) is 0 Å². The van der Waals surface area contributed by atoms with Crippen LogP contribution in [0.3, 0.4) is 0 Å². The second-order valence-electron chi connectivity index (χ2n) is 6.41. The number of rotatable bonds is 9. The minimum atomic E-state index is -3.72. The Kier molecular flexibility index (Phi) is 7.35. The molecule has 7 nitrogen and oxygen atoms in total. The zero-order valence-electron chi connectivity index (χ0n) is 16.0. The van der Waals surface area contributed by atoms with Crippen LogP contribution in [0.15, 0.2) is 23.1 Å². The summed E-state index contributed by atoms with van der Waals surface area (Å²) >= 11 is 0. The SMILES string of the molecule is CCCC(C)(NC(=O)c1ccc(C)c(S(=O)(=O)N(CC)CC)c1)C(=O)O. The first kappa shape index (κ1) is 22.1. The molecule has 0 heterocycles. The maximum absolute atomic E-state index is 12.8. The van der Waals surface area contributed by atoms with Gasteiger partial charge >= 0.3 is 5.97 Å². The number of aliphatic carboxylic acids is 1. The number of sulfonamides is 1. The second-order valence-corrected chi connectivity index (χ2v) is 8.32. The molecule has 0 saturated heterocycles. The molecule has 0 aliphatic heterocycles. The normalized spacial score (nSPS) is 14.1. The van der Waals surface area contributed by atoms with Crippen molar-refractivity contribution >= 4 is 21.9 Å². The summed E-state index contributed by atoms with van der Waals surface area (Å²) in [7, 11) is -3.72. The Morgan fingerprint density at radius 3 is 2.23 bits per heavy atom. The molecule has 0 radical (unpaired) electrons. The van der Waals surface area contributed by atoms with Crippen LogP contribution in [0.5, 0.6) is 0 Å². The van der Waals surface area contributed by atoms with Crippen molar-refractivity contribution < 1.29 is 23.1 Å². The highest BCUT2D eigenvalue weighted by Crippen LogP contribution is 2.22. The summed E-state index contributed by atoms with van der Waals surface area (Å²) in [4.78, 5) is 24.1. The topological polar surface area (TPSA) is 104 Å². The highest BCUT2D eigenvalue weighted by Gasteiger charge is 2.34. The summed E-state index contributed by atoms with van der Waals surface area (Å²) in [5.74, 6) is -1.74. The molecule has 1 atom stereocenters. The summed E-state index contributed by atoms with van der Waals surface area (Å²) in [6, 6.07) is 4.37. The van der Waals surface area contributed by atoms with Crippen molar-refractivity contribution in [1.29, 1.82) is 0 Å². The Bertz CT molecular complexity index is 772. The number of carbonyl (C=O) groups is 2. The third kappa shape index (κ3) is 4.62. The summed E-state index contributed by atoms with van der Waals surface area (Å²) in [6.07, 6.45) is 0.850. The Hall–Kier alpha value is -1.93. The van der Waals surface area contributed by atoms with E-state index < -0.39 is 27.4 Å². The molecule has 8 heteroatoms. The molecule has 0 saturated carbocycles. The van der Waals surface area contributed by atoms with Gasteiger partial charge in [-0.25, -0.2) is 13.2 Å². The van der Waals surface area contributed by atoms with Crippen LogP contribution in [0.2, 0.25) is 0 Å². The van der Waals surface area contributed by atoms with Crippen molar-refractivity contribution in [3.8, 4) is 0 Å². The van der Waals surface area contributed by atoms with Crippen LogP contribution in [-0.2, 0) is 14.8 Å². The fraction of sp³-hybridized carbons (Fsp3) is 0.556. The molecule has 0 aliphatic rings. The smallest absolute Gasteiger partial charge is 0.329 e. The number of carboxylic acid groups (broad SMARTS) is 1. The van der Waals surface area contributed by atoms with E-state index in [-0.39, 0.29) is 16.9 Å². The average Bonchev–Trinajstić information content (AvgIpc) is 2.55. The Morgan fingerprint density at radius 2 is 1.77 bits per heavy atom. The number of carboxylic acids is 1. The molecular weight excluding hydrogens is 356 g/mol. The minimum Gasteiger partial charge on any atom is -0.480 e.